The molecule has 4 nitrogen and oxygen atoms in total. The van der Waals surface area contributed by atoms with Gasteiger partial charge in [-0.05, 0) is 37.5 Å². The van der Waals surface area contributed by atoms with Crippen molar-refractivity contribution in [1.29, 1.82) is 0 Å². The van der Waals surface area contributed by atoms with Gasteiger partial charge in [-0.2, -0.15) is 0 Å². The summed E-state index contributed by atoms with van der Waals surface area (Å²) >= 11 is 0. The van der Waals surface area contributed by atoms with E-state index in [4.69, 9.17) is 0 Å². The van der Waals surface area contributed by atoms with Crippen LogP contribution in [0.3, 0.4) is 0 Å². The highest BCUT2D eigenvalue weighted by Crippen LogP contribution is 2.14. The normalized spacial score (nSPS) is 12.9. The van der Waals surface area contributed by atoms with E-state index in [1.54, 1.807) is 24.3 Å². The minimum absolute atomic E-state index is 0.00633. The van der Waals surface area contributed by atoms with Crippen LogP contribution in [0.5, 0.6) is 0 Å². The van der Waals surface area contributed by atoms with Gasteiger partial charge in [0.15, 0.2) is 9.84 Å². The quantitative estimate of drug-likeness (QED) is 0.737. The number of sulfone groups is 1. The number of nitrogens with zero attached hydrogens (tertiary/aromatic N) is 1. The van der Waals surface area contributed by atoms with Crippen molar-refractivity contribution in [2.75, 3.05) is 12.8 Å². The van der Waals surface area contributed by atoms with Crippen molar-refractivity contribution in [3.8, 4) is 0 Å². The zero-order valence-corrected chi connectivity index (χ0v) is 14.8. The lowest BCUT2D eigenvalue weighted by Crippen LogP contribution is -2.39. The Hall–Kier alpha value is -1.36. The molecule has 1 rings (SSSR count). The highest BCUT2D eigenvalue weighted by Gasteiger charge is 2.19. The number of hydrogen-bond donors (Lipinski definition) is 0. The van der Waals surface area contributed by atoms with Crippen LogP contribution in [-0.4, -0.2) is 38.1 Å². The van der Waals surface area contributed by atoms with Crippen molar-refractivity contribution in [3.05, 3.63) is 35.4 Å². The highest BCUT2D eigenvalue weighted by molar-refractivity contribution is 7.89. The van der Waals surface area contributed by atoms with E-state index >= 15 is 0 Å². The fraction of sp³-hybridized carbons (Fsp3) is 0.588. The molecule has 1 aromatic carbocycles. The zero-order chi connectivity index (χ0) is 16.8. The molecule has 0 saturated heterocycles. The molecular formula is C17H27NO3S. The Labute approximate surface area is 134 Å². The molecule has 124 valence electrons. The Morgan fingerprint density at radius 3 is 2.23 bits per heavy atom. The van der Waals surface area contributed by atoms with Gasteiger partial charge in [-0.15, -0.1) is 0 Å². The number of carbonyl (C=O) groups is 1. The third-order valence-corrected chi connectivity index (χ3v) is 4.62. The van der Waals surface area contributed by atoms with Crippen LogP contribution in [0.15, 0.2) is 24.3 Å². The molecular weight excluding hydrogens is 298 g/mol. The molecule has 0 radical (unpaired) electrons. The average molecular weight is 325 g/mol. The Morgan fingerprint density at radius 1 is 1.18 bits per heavy atom. The first kappa shape index (κ1) is 18.7. The topological polar surface area (TPSA) is 54.5 Å². The van der Waals surface area contributed by atoms with Gasteiger partial charge < -0.3 is 4.90 Å². The molecule has 0 fully saturated rings. The van der Waals surface area contributed by atoms with Crippen LogP contribution in [0.25, 0.3) is 0 Å². The molecule has 0 aliphatic rings. The van der Waals surface area contributed by atoms with Crippen LogP contribution in [0.1, 0.15) is 56.0 Å². The maximum atomic E-state index is 12.7. The summed E-state index contributed by atoms with van der Waals surface area (Å²) in [5.74, 6) is 0.0283. The number of rotatable bonds is 8. The largest absolute Gasteiger partial charge is 0.336 e. The number of amides is 1. The molecule has 0 aromatic heterocycles. The minimum atomic E-state index is -3.05. The van der Waals surface area contributed by atoms with E-state index in [9.17, 15) is 13.2 Å². The van der Waals surface area contributed by atoms with Crippen LogP contribution in [0.4, 0.5) is 0 Å². The van der Waals surface area contributed by atoms with E-state index in [1.807, 2.05) is 4.90 Å². The predicted octanol–water partition coefficient (Wildman–Crippen LogP) is 3.27. The molecule has 0 N–H and O–H groups in total. The molecule has 5 heteroatoms. The van der Waals surface area contributed by atoms with Crippen molar-refractivity contribution >= 4 is 15.7 Å². The zero-order valence-electron chi connectivity index (χ0n) is 14.0. The fourth-order valence-electron chi connectivity index (χ4n) is 2.28. The lowest BCUT2D eigenvalue weighted by molar-refractivity contribution is 0.0685. The van der Waals surface area contributed by atoms with Crippen molar-refractivity contribution in [1.82, 2.24) is 4.90 Å². The lowest BCUT2D eigenvalue weighted by Gasteiger charge is -2.28. The number of carbonyl (C=O) groups excluding carboxylic acids is 1. The van der Waals surface area contributed by atoms with Gasteiger partial charge in [0.05, 0.1) is 5.75 Å². The van der Waals surface area contributed by atoms with E-state index in [0.717, 1.165) is 25.8 Å². The van der Waals surface area contributed by atoms with Gasteiger partial charge >= 0.3 is 0 Å². The number of hydrogen-bond acceptors (Lipinski definition) is 3. The summed E-state index contributed by atoms with van der Waals surface area (Å²) in [6, 6.07) is 7.11. The molecule has 0 aliphatic carbocycles. The van der Waals surface area contributed by atoms with Crippen LogP contribution in [-0.2, 0) is 15.6 Å². The van der Waals surface area contributed by atoms with E-state index in [2.05, 4.69) is 20.8 Å². The summed E-state index contributed by atoms with van der Waals surface area (Å²) in [5, 5.41) is 0. The first-order valence-electron chi connectivity index (χ1n) is 7.86. The smallest absolute Gasteiger partial charge is 0.254 e. The molecule has 1 atom stereocenters. The van der Waals surface area contributed by atoms with Gasteiger partial charge in [-0.3, -0.25) is 4.79 Å². The van der Waals surface area contributed by atoms with Crippen LogP contribution in [0.2, 0.25) is 0 Å². The van der Waals surface area contributed by atoms with Crippen molar-refractivity contribution in [3.63, 3.8) is 0 Å². The van der Waals surface area contributed by atoms with E-state index in [0.29, 0.717) is 11.1 Å². The molecule has 0 bridgehead atoms. The third kappa shape index (κ3) is 5.79. The fourth-order valence-corrected chi connectivity index (χ4v) is 3.08. The summed E-state index contributed by atoms with van der Waals surface area (Å²) in [7, 11) is -3.05. The van der Waals surface area contributed by atoms with E-state index in [-0.39, 0.29) is 17.7 Å². The Balaban J connectivity index is 2.89. The molecule has 22 heavy (non-hydrogen) atoms. The predicted molar refractivity (Wildman–Crippen MR) is 90.7 cm³/mol. The molecule has 0 heterocycles. The second-order valence-electron chi connectivity index (χ2n) is 5.88. The highest BCUT2D eigenvalue weighted by atomic mass is 32.2. The second-order valence-corrected chi connectivity index (χ2v) is 8.02. The van der Waals surface area contributed by atoms with Crippen LogP contribution in [0, 0.1) is 0 Å². The Bertz CT molecular complexity index is 578. The van der Waals surface area contributed by atoms with Gasteiger partial charge in [-0.25, -0.2) is 8.42 Å². The van der Waals surface area contributed by atoms with Gasteiger partial charge in [0, 0.05) is 24.4 Å². The summed E-state index contributed by atoms with van der Waals surface area (Å²) in [4.78, 5) is 14.6. The average Bonchev–Trinajstić information content (AvgIpc) is 2.46. The molecule has 1 aromatic rings. The van der Waals surface area contributed by atoms with Gasteiger partial charge in [0.25, 0.3) is 5.91 Å². The monoisotopic (exact) mass is 325 g/mol. The Morgan fingerprint density at radius 2 is 1.77 bits per heavy atom. The van der Waals surface area contributed by atoms with Crippen LogP contribution < -0.4 is 0 Å². The van der Waals surface area contributed by atoms with Gasteiger partial charge in [-0.1, -0.05) is 32.4 Å². The first-order chi connectivity index (χ1) is 10.3. The van der Waals surface area contributed by atoms with Crippen molar-refractivity contribution in [2.45, 2.75) is 51.8 Å². The summed E-state index contributed by atoms with van der Waals surface area (Å²) in [6.45, 7) is 7.01. The summed E-state index contributed by atoms with van der Waals surface area (Å²) < 4.78 is 22.6. The Kier molecular flexibility index (Phi) is 7.07. The maximum Gasteiger partial charge on any atom is 0.254 e. The van der Waals surface area contributed by atoms with E-state index in [1.165, 1.54) is 6.26 Å². The lowest BCUT2D eigenvalue weighted by atomic mass is 10.1. The molecule has 0 aliphatic heterocycles. The summed E-state index contributed by atoms with van der Waals surface area (Å²) in [5.41, 5.74) is 1.33. The van der Waals surface area contributed by atoms with E-state index < -0.39 is 9.84 Å². The second kappa shape index (κ2) is 8.32. The molecule has 0 saturated carbocycles. The van der Waals surface area contributed by atoms with Crippen molar-refractivity contribution < 1.29 is 13.2 Å². The number of unbranched alkanes of at least 4 members (excludes halogenated alkanes) is 1. The summed E-state index contributed by atoms with van der Waals surface area (Å²) in [6.07, 6.45) is 4.17. The molecule has 0 spiro atoms. The number of benzene rings is 1. The first-order valence-corrected chi connectivity index (χ1v) is 9.92. The standard InChI is InChI=1S/C17H27NO3S/c1-5-7-12-18(14(3)6-2)17(19)16-10-8-15(9-11-16)13-22(4,20)21/h8-11,14H,5-7,12-13H2,1-4H3. The minimum Gasteiger partial charge on any atom is -0.336 e. The van der Waals surface area contributed by atoms with Crippen LogP contribution >= 0.6 is 0 Å². The SMILES string of the molecule is CCCCN(C(=O)c1ccc(CS(C)(=O)=O)cc1)C(C)CC. The third-order valence-electron chi connectivity index (χ3n) is 3.77. The van der Waals surface area contributed by atoms with Crippen molar-refractivity contribution in [2.24, 2.45) is 0 Å². The molecule has 1 amide bonds. The molecule has 1 unspecified atom stereocenters. The van der Waals surface area contributed by atoms with Gasteiger partial charge in [0.2, 0.25) is 0 Å². The van der Waals surface area contributed by atoms with Gasteiger partial charge in [0.1, 0.15) is 0 Å². The maximum absolute atomic E-state index is 12.7.